The summed E-state index contributed by atoms with van der Waals surface area (Å²) in [6.45, 7) is 8.38. The van der Waals surface area contributed by atoms with Gasteiger partial charge < -0.3 is 24.2 Å². The summed E-state index contributed by atoms with van der Waals surface area (Å²) in [4.78, 5) is 28.7. The molecule has 1 N–H and O–H groups in total. The minimum absolute atomic E-state index is 0.0338. The van der Waals surface area contributed by atoms with Crippen molar-refractivity contribution in [3.63, 3.8) is 0 Å². The number of nitrogens with zero attached hydrogens (tertiary/aromatic N) is 1. The largest absolute Gasteiger partial charge is 0.507 e. The normalized spacial score (nSPS) is 16.6. The molecule has 39 heavy (non-hydrogen) atoms. The Bertz CT molecular complexity index is 1420. The summed E-state index contributed by atoms with van der Waals surface area (Å²) in [6, 6.07) is 17.5. The third kappa shape index (κ3) is 5.35. The van der Waals surface area contributed by atoms with Gasteiger partial charge in [0.2, 0.25) is 0 Å². The molecular weight excluding hydrogens is 494 g/mol. The van der Waals surface area contributed by atoms with Crippen LogP contribution in [0.1, 0.15) is 60.5 Å². The first-order valence-electron chi connectivity index (χ1n) is 13.0. The minimum Gasteiger partial charge on any atom is -0.507 e. The molecule has 0 aliphatic carbocycles. The van der Waals surface area contributed by atoms with Gasteiger partial charge in [-0.1, -0.05) is 44.2 Å². The molecule has 1 saturated heterocycles. The molecule has 7 nitrogen and oxygen atoms in total. The summed E-state index contributed by atoms with van der Waals surface area (Å²) < 4.78 is 16.8. The second kappa shape index (κ2) is 11.6. The Labute approximate surface area is 229 Å². The average Bonchev–Trinajstić information content (AvgIpc) is 3.18. The van der Waals surface area contributed by atoms with E-state index in [2.05, 4.69) is 0 Å². The lowest BCUT2D eigenvalue weighted by atomic mass is 9.91. The second-order valence-corrected chi connectivity index (χ2v) is 9.81. The van der Waals surface area contributed by atoms with Crippen LogP contribution in [0.4, 0.5) is 0 Å². The highest BCUT2D eigenvalue weighted by atomic mass is 16.5. The molecular formula is C32H35NO6. The summed E-state index contributed by atoms with van der Waals surface area (Å²) in [7, 11) is 3.17. The molecule has 3 aromatic rings. The molecule has 1 aliphatic rings. The van der Waals surface area contributed by atoms with Gasteiger partial charge in [0.15, 0.2) is 0 Å². The molecule has 1 heterocycles. The van der Waals surface area contributed by atoms with Crippen LogP contribution in [-0.4, -0.2) is 42.5 Å². The molecule has 1 amide bonds. The maximum absolute atomic E-state index is 13.6. The summed E-state index contributed by atoms with van der Waals surface area (Å²) in [6.07, 6.45) is 0. The van der Waals surface area contributed by atoms with Crippen molar-refractivity contribution in [3.8, 4) is 17.2 Å². The van der Waals surface area contributed by atoms with Crippen LogP contribution in [0, 0.1) is 6.92 Å². The molecule has 0 bridgehead atoms. The number of Topliss-reactive ketones (excluding diaryl/α,β-unsaturated/α-hetero) is 1. The van der Waals surface area contributed by atoms with Gasteiger partial charge in [0.05, 0.1) is 39.0 Å². The van der Waals surface area contributed by atoms with Gasteiger partial charge in [-0.05, 0) is 66.8 Å². The van der Waals surface area contributed by atoms with Gasteiger partial charge in [0.1, 0.15) is 23.0 Å². The van der Waals surface area contributed by atoms with Gasteiger partial charge in [-0.3, -0.25) is 9.59 Å². The van der Waals surface area contributed by atoms with E-state index in [4.69, 9.17) is 14.2 Å². The van der Waals surface area contributed by atoms with Crippen LogP contribution in [0.2, 0.25) is 0 Å². The Balaban J connectivity index is 1.94. The number of hydrogen-bond donors (Lipinski definition) is 1. The zero-order valence-corrected chi connectivity index (χ0v) is 23.3. The number of hydrogen-bond acceptors (Lipinski definition) is 6. The molecule has 1 aliphatic heterocycles. The van der Waals surface area contributed by atoms with E-state index in [9.17, 15) is 14.7 Å². The predicted molar refractivity (Wildman–Crippen MR) is 150 cm³/mol. The fourth-order valence-corrected chi connectivity index (χ4v) is 5.07. The molecule has 7 heteroatoms. The van der Waals surface area contributed by atoms with Gasteiger partial charge >= 0.3 is 0 Å². The van der Waals surface area contributed by atoms with Crippen molar-refractivity contribution >= 4 is 17.4 Å². The number of methoxy groups -OCH3 is 2. The fraction of sp³-hybridized carbons (Fsp3) is 0.312. The average molecular weight is 530 g/mol. The molecule has 3 aromatic carbocycles. The van der Waals surface area contributed by atoms with Crippen molar-refractivity contribution in [2.45, 2.75) is 46.2 Å². The van der Waals surface area contributed by atoms with E-state index in [1.807, 2.05) is 88.4 Å². The highest BCUT2D eigenvalue weighted by Crippen LogP contribution is 2.43. The topological polar surface area (TPSA) is 85.3 Å². The van der Waals surface area contributed by atoms with Crippen molar-refractivity contribution in [2.24, 2.45) is 0 Å². The van der Waals surface area contributed by atoms with Crippen LogP contribution < -0.4 is 14.2 Å². The van der Waals surface area contributed by atoms with E-state index in [0.29, 0.717) is 35.0 Å². The number of aryl methyl sites for hydroxylation is 1. The van der Waals surface area contributed by atoms with Gasteiger partial charge in [-0.2, -0.15) is 0 Å². The van der Waals surface area contributed by atoms with Gasteiger partial charge in [0, 0.05) is 11.1 Å². The first-order valence-corrected chi connectivity index (χ1v) is 13.0. The highest BCUT2D eigenvalue weighted by molar-refractivity contribution is 6.46. The number of para-hydroxylation sites is 1. The minimum atomic E-state index is -0.834. The van der Waals surface area contributed by atoms with Crippen molar-refractivity contribution < 1.29 is 28.9 Å². The Kier molecular flexibility index (Phi) is 8.29. The van der Waals surface area contributed by atoms with E-state index in [1.165, 1.54) is 4.90 Å². The zero-order chi connectivity index (χ0) is 28.3. The monoisotopic (exact) mass is 529 g/mol. The number of ether oxygens (including phenoxy) is 3. The fourth-order valence-electron chi connectivity index (χ4n) is 5.07. The van der Waals surface area contributed by atoms with E-state index in [1.54, 1.807) is 14.2 Å². The summed E-state index contributed by atoms with van der Waals surface area (Å²) in [5, 5.41) is 11.7. The number of likely N-dealkylation sites (tertiary alicyclic amines) is 1. The quantitative estimate of drug-likeness (QED) is 0.203. The van der Waals surface area contributed by atoms with Crippen molar-refractivity contribution in [1.82, 2.24) is 4.90 Å². The third-order valence-corrected chi connectivity index (χ3v) is 7.01. The smallest absolute Gasteiger partial charge is 0.295 e. The van der Waals surface area contributed by atoms with E-state index < -0.39 is 17.7 Å². The zero-order valence-electron chi connectivity index (χ0n) is 23.3. The maximum atomic E-state index is 13.6. The van der Waals surface area contributed by atoms with Crippen molar-refractivity contribution in [1.29, 1.82) is 0 Å². The SMILES string of the molecule is CCOc1cccc(C2/C(=C(\O)c3cc(C(C)C)c(OC)cc3C)C(=O)C(=O)N2Cc2ccccc2OC)c1. The number of carbonyl (C=O) groups excluding carboxylic acids is 2. The van der Waals surface area contributed by atoms with Gasteiger partial charge in [0.25, 0.3) is 11.7 Å². The van der Waals surface area contributed by atoms with E-state index >= 15 is 0 Å². The third-order valence-electron chi connectivity index (χ3n) is 7.01. The van der Waals surface area contributed by atoms with Crippen LogP contribution >= 0.6 is 0 Å². The Morgan fingerprint density at radius 3 is 2.36 bits per heavy atom. The number of ketones is 1. The van der Waals surface area contributed by atoms with Crippen LogP contribution in [0.3, 0.4) is 0 Å². The molecule has 1 fully saturated rings. The number of rotatable bonds is 9. The van der Waals surface area contributed by atoms with Crippen molar-refractivity contribution in [2.75, 3.05) is 20.8 Å². The summed E-state index contributed by atoms with van der Waals surface area (Å²) in [5.41, 5.74) is 3.55. The molecule has 1 unspecified atom stereocenters. The predicted octanol–water partition coefficient (Wildman–Crippen LogP) is 6.16. The van der Waals surface area contributed by atoms with E-state index in [0.717, 1.165) is 16.7 Å². The Morgan fingerprint density at radius 2 is 1.69 bits per heavy atom. The Hall–Kier alpha value is -4.26. The van der Waals surface area contributed by atoms with Crippen molar-refractivity contribution in [3.05, 3.63) is 94.1 Å². The second-order valence-electron chi connectivity index (χ2n) is 9.81. The molecule has 4 rings (SSSR count). The lowest BCUT2D eigenvalue weighted by Crippen LogP contribution is -2.29. The number of carbonyl (C=O) groups is 2. The molecule has 0 spiro atoms. The lowest BCUT2D eigenvalue weighted by molar-refractivity contribution is -0.140. The first kappa shape index (κ1) is 27.8. The van der Waals surface area contributed by atoms with Crippen LogP contribution in [0.15, 0.2) is 66.2 Å². The van der Waals surface area contributed by atoms with Crippen LogP contribution in [0.25, 0.3) is 5.76 Å². The van der Waals surface area contributed by atoms with Gasteiger partial charge in [-0.15, -0.1) is 0 Å². The number of aliphatic hydroxyl groups excluding tert-OH is 1. The molecule has 0 aromatic heterocycles. The summed E-state index contributed by atoms with van der Waals surface area (Å²) in [5.74, 6) is 0.384. The first-order chi connectivity index (χ1) is 18.7. The van der Waals surface area contributed by atoms with E-state index in [-0.39, 0.29) is 23.8 Å². The number of aliphatic hydroxyl groups is 1. The highest BCUT2D eigenvalue weighted by Gasteiger charge is 2.46. The Morgan fingerprint density at radius 1 is 0.974 bits per heavy atom. The molecule has 204 valence electrons. The summed E-state index contributed by atoms with van der Waals surface area (Å²) >= 11 is 0. The number of amides is 1. The molecule has 0 saturated carbocycles. The molecule has 1 atom stereocenters. The maximum Gasteiger partial charge on any atom is 0.295 e. The van der Waals surface area contributed by atoms with Crippen LogP contribution in [-0.2, 0) is 16.1 Å². The lowest BCUT2D eigenvalue weighted by Gasteiger charge is -2.26. The van der Waals surface area contributed by atoms with Crippen LogP contribution in [0.5, 0.6) is 17.2 Å². The number of benzene rings is 3. The standard InChI is InChI=1S/C32H35NO6/c1-7-39-23-13-10-12-21(16-23)29-28(30(34)25-17-24(19(2)3)27(38-6)15-20(25)4)31(35)32(36)33(29)18-22-11-8-9-14-26(22)37-5/h8-17,19,29,34H,7,18H2,1-6H3/b30-28+. The van der Waals surface area contributed by atoms with Gasteiger partial charge in [-0.25, -0.2) is 0 Å². The molecule has 0 radical (unpaired) electrons.